The minimum atomic E-state index is 0.210. The summed E-state index contributed by atoms with van der Waals surface area (Å²) in [7, 11) is 0. The van der Waals surface area contributed by atoms with Crippen LogP contribution in [0.4, 0.5) is 0 Å². The Hall–Kier alpha value is -1.53. The Balaban J connectivity index is 2.09. The van der Waals surface area contributed by atoms with E-state index in [1.54, 1.807) is 12.1 Å². The van der Waals surface area contributed by atoms with Crippen LogP contribution in [0.15, 0.2) is 18.2 Å². The number of rotatable bonds is 3. The lowest BCUT2D eigenvalue weighted by molar-refractivity contribution is -0.131. The van der Waals surface area contributed by atoms with E-state index >= 15 is 0 Å². The van der Waals surface area contributed by atoms with Crippen LogP contribution in [0, 0.1) is 17.2 Å². The lowest BCUT2D eigenvalue weighted by Crippen LogP contribution is -2.29. The molecule has 1 fully saturated rings. The van der Waals surface area contributed by atoms with Gasteiger partial charge in [-0.2, -0.15) is 5.26 Å². The molecule has 1 aliphatic rings. The van der Waals surface area contributed by atoms with Gasteiger partial charge in [0.25, 0.3) is 0 Å². The molecular formula is C16H19ClN2O. The molecular weight excluding hydrogens is 272 g/mol. The Labute approximate surface area is 125 Å². The van der Waals surface area contributed by atoms with Gasteiger partial charge in [0.15, 0.2) is 0 Å². The fourth-order valence-electron chi connectivity index (χ4n) is 2.62. The van der Waals surface area contributed by atoms with Gasteiger partial charge in [0, 0.05) is 24.5 Å². The molecule has 1 aliphatic heterocycles. The van der Waals surface area contributed by atoms with Crippen LogP contribution in [0.2, 0.25) is 5.02 Å². The van der Waals surface area contributed by atoms with Gasteiger partial charge in [-0.05, 0) is 36.5 Å². The van der Waals surface area contributed by atoms with Crippen molar-refractivity contribution < 1.29 is 4.79 Å². The number of amides is 1. The van der Waals surface area contributed by atoms with Crippen molar-refractivity contribution in [3.05, 3.63) is 34.3 Å². The summed E-state index contributed by atoms with van der Waals surface area (Å²) in [4.78, 5) is 14.0. The number of hydrogen-bond donors (Lipinski definition) is 0. The quantitative estimate of drug-likeness (QED) is 0.851. The van der Waals surface area contributed by atoms with E-state index in [1.165, 1.54) is 0 Å². The van der Waals surface area contributed by atoms with E-state index in [1.807, 2.05) is 11.0 Å². The zero-order chi connectivity index (χ0) is 14.5. The van der Waals surface area contributed by atoms with Gasteiger partial charge in [-0.3, -0.25) is 4.79 Å². The molecule has 0 bridgehead atoms. The predicted octanol–water partition coefficient (Wildman–Crippen LogP) is 3.75. The molecule has 0 radical (unpaired) electrons. The SMILES string of the molecule is CCC1CCC(=O)N(Cc2ccc(C#N)cc2Cl)CC1. The van der Waals surface area contributed by atoms with Gasteiger partial charge in [-0.1, -0.05) is 31.0 Å². The Morgan fingerprint density at radius 1 is 1.45 bits per heavy atom. The van der Waals surface area contributed by atoms with Crippen molar-refractivity contribution >= 4 is 17.5 Å². The van der Waals surface area contributed by atoms with Gasteiger partial charge in [0.2, 0.25) is 5.91 Å². The number of nitriles is 1. The summed E-state index contributed by atoms with van der Waals surface area (Å²) in [5, 5.41) is 9.40. The van der Waals surface area contributed by atoms with Crippen molar-refractivity contribution in [3.8, 4) is 6.07 Å². The van der Waals surface area contributed by atoms with Crippen molar-refractivity contribution in [2.24, 2.45) is 5.92 Å². The summed E-state index contributed by atoms with van der Waals surface area (Å²) in [5.74, 6) is 0.863. The highest BCUT2D eigenvalue weighted by molar-refractivity contribution is 6.31. The standard InChI is InChI=1S/C16H19ClN2O/c1-2-12-4-6-16(20)19(8-7-12)11-14-5-3-13(10-18)9-15(14)17/h3,5,9,12H,2,4,6-8,11H2,1H3. The average molecular weight is 291 g/mol. The summed E-state index contributed by atoms with van der Waals surface area (Å²) in [5.41, 5.74) is 1.46. The third-order valence-electron chi connectivity index (χ3n) is 4.05. The third-order valence-corrected chi connectivity index (χ3v) is 4.40. The highest BCUT2D eigenvalue weighted by atomic mass is 35.5. The summed E-state index contributed by atoms with van der Waals surface area (Å²) in [6.45, 7) is 3.52. The Morgan fingerprint density at radius 3 is 2.90 bits per heavy atom. The number of likely N-dealkylation sites (tertiary alicyclic amines) is 1. The zero-order valence-corrected chi connectivity index (χ0v) is 12.5. The number of hydrogen-bond acceptors (Lipinski definition) is 2. The summed E-state index contributed by atoms with van der Waals surface area (Å²) >= 11 is 6.18. The lowest BCUT2D eigenvalue weighted by Gasteiger charge is -2.21. The van der Waals surface area contributed by atoms with Crippen LogP contribution in [0.25, 0.3) is 0 Å². The first-order chi connectivity index (χ1) is 9.63. The van der Waals surface area contributed by atoms with Crippen molar-refractivity contribution in [1.29, 1.82) is 5.26 Å². The molecule has 1 aromatic rings. The molecule has 1 atom stereocenters. The van der Waals surface area contributed by atoms with Crippen molar-refractivity contribution in [2.45, 2.75) is 39.2 Å². The molecule has 0 aromatic heterocycles. The topological polar surface area (TPSA) is 44.1 Å². The van der Waals surface area contributed by atoms with E-state index in [9.17, 15) is 4.79 Å². The van der Waals surface area contributed by atoms with E-state index in [0.29, 0.717) is 29.5 Å². The fourth-order valence-corrected chi connectivity index (χ4v) is 2.86. The van der Waals surface area contributed by atoms with Crippen LogP contribution in [-0.4, -0.2) is 17.4 Å². The van der Waals surface area contributed by atoms with Crippen LogP contribution >= 0.6 is 11.6 Å². The van der Waals surface area contributed by atoms with E-state index in [2.05, 4.69) is 13.0 Å². The minimum absolute atomic E-state index is 0.210. The van der Waals surface area contributed by atoms with Gasteiger partial charge in [-0.25, -0.2) is 0 Å². The molecule has 4 heteroatoms. The summed E-state index contributed by atoms with van der Waals surface area (Å²) < 4.78 is 0. The Bertz CT molecular complexity index is 536. The highest BCUT2D eigenvalue weighted by Gasteiger charge is 2.22. The second kappa shape index (κ2) is 6.76. The first-order valence-corrected chi connectivity index (χ1v) is 7.48. The normalized spacial score (nSPS) is 19.6. The van der Waals surface area contributed by atoms with E-state index in [4.69, 9.17) is 16.9 Å². The van der Waals surface area contributed by atoms with Gasteiger partial charge in [-0.15, -0.1) is 0 Å². The molecule has 0 N–H and O–H groups in total. The summed E-state index contributed by atoms with van der Waals surface area (Å²) in [6, 6.07) is 7.32. The molecule has 1 amide bonds. The molecule has 1 saturated heterocycles. The van der Waals surface area contributed by atoms with Crippen LogP contribution in [0.5, 0.6) is 0 Å². The molecule has 1 aromatic carbocycles. The summed E-state index contributed by atoms with van der Waals surface area (Å²) in [6.07, 6.45) is 3.83. The molecule has 0 spiro atoms. The highest BCUT2D eigenvalue weighted by Crippen LogP contribution is 2.24. The van der Waals surface area contributed by atoms with E-state index in [0.717, 1.165) is 31.4 Å². The molecule has 1 heterocycles. The molecule has 1 unspecified atom stereocenters. The monoisotopic (exact) mass is 290 g/mol. The molecule has 3 nitrogen and oxygen atoms in total. The maximum absolute atomic E-state index is 12.1. The molecule has 0 aliphatic carbocycles. The molecule has 106 valence electrons. The van der Waals surface area contributed by atoms with E-state index < -0.39 is 0 Å². The fraction of sp³-hybridized carbons (Fsp3) is 0.500. The Kier molecular flexibility index (Phi) is 5.03. The number of nitrogens with zero attached hydrogens (tertiary/aromatic N) is 2. The molecule has 20 heavy (non-hydrogen) atoms. The number of benzene rings is 1. The second-order valence-electron chi connectivity index (χ2n) is 5.33. The number of carbonyl (C=O) groups excluding carboxylic acids is 1. The first kappa shape index (κ1) is 14.9. The average Bonchev–Trinajstić information content (AvgIpc) is 2.63. The third kappa shape index (κ3) is 3.52. The Morgan fingerprint density at radius 2 is 2.25 bits per heavy atom. The largest absolute Gasteiger partial charge is 0.338 e. The second-order valence-corrected chi connectivity index (χ2v) is 5.74. The lowest BCUT2D eigenvalue weighted by atomic mass is 9.98. The van der Waals surface area contributed by atoms with Crippen LogP contribution < -0.4 is 0 Å². The van der Waals surface area contributed by atoms with Gasteiger partial charge in [0.05, 0.1) is 11.6 Å². The minimum Gasteiger partial charge on any atom is -0.338 e. The predicted molar refractivity (Wildman–Crippen MR) is 79.2 cm³/mol. The van der Waals surface area contributed by atoms with Crippen molar-refractivity contribution in [1.82, 2.24) is 4.90 Å². The van der Waals surface area contributed by atoms with Crippen LogP contribution in [-0.2, 0) is 11.3 Å². The zero-order valence-electron chi connectivity index (χ0n) is 11.7. The van der Waals surface area contributed by atoms with Gasteiger partial charge < -0.3 is 4.90 Å². The van der Waals surface area contributed by atoms with Gasteiger partial charge in [0.1, 0.15) is 0 Å². The maximum Gasteiger partial charge on any atom is 0.222 e. The van der Waals surface area contributed by atoms with Crippen LogP contribution in [0.3, 0.4) is 0 Å². The van der Waals surface area contributed by atoms with Crippen molar-refractivity contribution in [2.75, 3.05) is 6.54 Å². The first-order valence-electron chi connectivity index (χ1n) is 7.10. The van der Waals surface area contributed by atoms with Crippen molar-refractivity contribution in [3.63, 3.8) is 0 Å². The smallest absolute Gasteiger partial charge is 0.222 e. The number of carbonyl (C=O) groups is 1. The molecule has 2 rings (SSSR count). The number of halogens is 1. The molecule has 0 saturated carbocycles. The van der Waals surface area contributed by atoms with E-state index in [-0.39, 0.29) is 5.91 Å². The van der Waals surface area contributed by atoms with Gasteiger partial charge >= 0.3 is 0 Å². The van der Waals surface area contributed by atoms with Crippen LogP contribution in [0.1, 0.15) is 43.7 Å². The maximum atomic E-state index is 12.1.